The van der Waals surface area contributed by atoms with Crippen molar-refractivity contribution in [3.63, 3.8) is 0 Å². The largest absolute Gasteiger partial charge is 0.489 e. The summed E-state index contributed by atoms with van der Waals surface area (Å²) < 4.78 is 66.0. The predicted molar refractivity (Wildman–Crippen MR) is 145 cm³/mol. The number of anilines is 1. The lowest BCUT2D eigenvalue weighted by Gasteiger charge is -2.20. The number of benzene rings is 1. The molecule has 9 nitrogen and oxygen atoms in total. The lowest BCUT2D eigenvalue weighted by atomic mass is 9.89. The third-order valence-corrected chi connectivity index (χ3v) is 6.74. The highest BCUT2D eigenvalue weighted by atomic mass is 35.5. The normalized spacial score (nSPS) is 13.8. The second kappa shape index (κ2) is 13.7. The van der Waals surface area contributed by atoms with E-state index in [1.807, 2.05) is 0 Å². The zero-order valence-electron chi connectivity index (χ0n) is 22.2. The first-order chi connectivity index (χ1) is 20.0. The van der Waals surface area contributed by atoms with Crippen molar-refractivity contribution in [2.75, 3.05) is 18.5 Å². The van der Waals surface area contributed by atoms with Crippen LogP contribution in [0.3, 0.4) is 0 Å². The van der Waals surface area contributed by atoms with Crippen LogP contribution in [-0.2, 0) is 11.0 Å². The van der Waals surface area contributed by atoms with Crippen LogP contribution in [0.15, 0.2) is 47.4 Å². The third-order valence-electron chi connectivity index (χ3n) is 6.45. The number of nitrogens with one attached hydrogen (secondary N) is 3. The molecule has 1 saturated carbocycles. The van der Waals surface area contributed by atoms with E-state index >= 15 is 0 Å². The number of carbonyl (C=O) groups excluding carboxylic acids is 2. The van der Waals surface area contributed by atoms with E-state index in [4.69, 9.17) is 21.1 Å². The minimum absolute atomic E-state index is 0.00895. The number of carbonyl (C=O) groups is 2. The van der Waals surface area contributed by atoms with Crippen molar-refractivity contribution >= 4 is 29.1 Å². The van der Waals surface area contributed by atoms with E-state index in [2.05, 4.69) is 20.6 Å². The fraction of sp³-hybridized carbons (Fsp3) is 0.357. The maximum atomic E-state index is 14.1. The number of H-pyrrole nitrogens is 1. The van der Waals surface area contributed by atoms with E-state index in [0.29, 0.717) is 13.0 Å². The molecule has 0 unspecified atom stereocenters. The van der Waals surface area contributed by atoms with Crippen LogP contribution >= 0.6 is 11.6 Å². The monoisotopic (exact) mass is 610 g/mol. The number of pyridine rings is 2. The summed E-state index contributed by atoms with van der Waals surface area (Å²) in [6.07, 6.45) is 1.50. The number of aromatic nitrogens is 2. The number of amides is 2. The van der Waals surface area contributed by atoms with Gasteiger partial charge in [-0.1, -0.05) is 30.9 Å². The van der Waals surface area contributed by atoms with Crippen molar-refractivity contribution in [2.24, 2.45) is 5.92 Å². The van der Waals surface area contributed by atoms with Crippen LogP contribution in [0.4, 0.5) is 23.2 Å². The molecule has 0 radical (unpaired) electrons. The van der Waals surface area contributed by atoms with E-state index in [-0.39, 0.29) is 35.6 Å². The first kappa shape index (κ1) is 30.8. The van der Waals surface area contributed by atoms with Crippen molar-refractivity contribution in [2.45, 2.75) is 44.7 Å². The molecule has 1 aliphatic carbocycles. The summed E-state index contributed by atoms with van der Waals surface area (Å²) in [5, 5.41) is 4.36. The molecule has 3 N–H and O–H groups in total. The molecule has 0 spiro atoms. The molecule has 0 bridgehead atoms. The van der Waals surface area contributed by atoms with E-state index in [9.17, 15) is 31.9 Å². The van der Waals surface area contributed by atoms with Crippen molar-refractivity contribution < 1.29 is 36.6 Å². The van der Waals surface area contributed by atoms with E-state index in [1.54, 1.807) is 0 Å². The number of ether oxygens (including phenoxy) is 2. The van der Waals surface area contributed by atoms with Crippen LogP contribution in [0.5, 0.6) is 17.4 Å². The lowest BCUT2D eigenvalue weighted by Crippen LogP contribution is -2.33. The van der Waals surface area contributed by atoms with Gasteiger partial charge < -0.3 is 25.1 Å². The average Bonchev–Trinajstić information content (AvgIpc) is 2.94. The topological polar surface area (TPSA) is 122 Å². The molecule has 1 aliphatic rings. The summed E-state index contributed by atoms with van der Waals surface area (Å²) in [4.78, 5) is 42.7. The van der Waals surface area contributed by atoms with Gasteiger partial charge in [-0.3, -0.25) is 14.4 Å². The maximum Gasteiger partial charge on any atom is 0.434 e. The quantitative estimate of drug-likeness (QED) is 0.189. The molecular formula is C28H27ClF4N4O5. The zero-order valence-corrected chi connectivity index (χ0v) is 22.9. The smallest absolute Gasteiger partial charge is 0.434 e. The highest BCUT2D eigenvalue weighted by Crippen LogP contribution is 2.39. The molecule has 42 heavy (non-hydrogen) atoms. The Morgan fingerprint density at radius 2 is 1.83 bits per heavy atom. The van der Waals surface area contributed by atoms with Gasteiger partial charge in [0.2, 0.25) is 17.3 Å². The molecule has 1 fully saturated rings. The van der Waals surface area contributed by atoms with E-state index < -0.39 is 45.6 Å². The summed E-state index contributed by atoms with van der Waals surface area (Å²) >= 11 is 5.81. The number of halogens is 5. The van der Waals surface area contributed by atoms with Crippen molar-refractivity contribution in [1.29, 1.82) is 0 Å². The second-order valence-electron chi connectivity index (χ2n) is 9.59. The minimum Gasteiger partial charge on any atom is -0.489 e. The standard InChI is InChI=1S/C28H27ClF4N4O5/c29-20-15-19(26(40)36-18-9-11-34-23(38)14-18)27(37-24(20)28(31,32)33)42-21-8-7-17(30)13-22(21)41-12-4-10-35-25(39)16-5-2-1-3-6-16/h7-9,11,13-16H,1-6,10,12H2,(H,35,39)(H2,34,36,38,40). The number of rotatable bonds is 10. The SMILES string of the molecule is O=C(Nc1cc[nH]c(=O)c1)c1cc(Cl)c(C(F)(F)F)nc1Oc1ccc(F)cc1OCCCNC(=O)C1CCCCC1. The second-order valence-corrected chi connectivity index (χ2v) is 9.99. The Morgan fingerprint density at radius 3 is 2.55 bits per heavy atom. The molecule has 224 valence electrons. The van der Waals surface area contributed by atoms with Crippen LogP contribution in [0, 0.1) is 11.7 Å². The van der Waals surface area contributed by atoms with E-state index in [1.165, 1.54) is 12.3 Å². The Hall–Kier alpha value is -4.13. The van der Waals surface area contributed by atoms with E-state index in [0.717, 1.165) is 62.4 Å². The summed E-state index contributed by atoms with van der Waals surface area (Å²) in [6.45, 7) is 0.323. The van der Waals surface area contributed by atoms with Gasteiger partial charge in [-0.15, -0.1) is 0 Å². The fourth-order valence-corrected chi connectivity index (χ4v) is 4.65. The number of aromatic amines is 1. The van der Waals surface area contributed by atoms with Gasteiger partial charge in [-0.2, -0.15) is 13.2 Å². The first-order valence-corrected chi connectivity index (χ1v) is 13.5. The van der Waals surface area contributed by atoms with Crippen LogP contribution in [0.25, 0.3) is 0 Å². The van der Waals surface area contributed by atoms with Crippen LogP contribution in [0.1, 0.15) is 54.6 Å². The number of hydrogen-bond acceptors (Lipinski definition) is 6. The van der Waals surface area contributed by atoms with Crippen molar-refractivity contribution in [1.82, 2.24) is 15.3 Å². The average molecular weight is 611 g/mol. The lowest BCUT2D eigenvalue weighted by molar-refractivity contribution is -0.141. The van der Waals surface area contributed by atoms with Gasteiger partial charge in [0, 0.05) is 36.5 Å². The molecule has 1 aromatic carbocycles. The summed E-state index contributed by atoms with van der Waals surface area (Å²) in [5.74, 6) is -2.90. The molecule has 14 heteroatoms. The third kappa shape index (κ3) is 8.21. The molecule has 0 saturated heterocycles. The Kier molecular flexibility index (Phi) is 10.0. The Bertz CT molecular complexity index is 1490. The van der Waals surface area contributed by atoms with Gasteiger partial charge in [0.15, 0.2) is 17.2 Å². The zero-order chi connectivity index (χ0) is 30.3. The Morgan fingerprint density at radius 1 is 1.07 bits per heavy atom. The van der Waals surface area contributed by atoms with Gasteiger partial charge in [-0.05, 0) is 43.5 Å². The van der Waals surface area contributed by atoms with Gasteiger partial charge >= 0.3 is 6.18 Å². The van der Waals surface area contributed by atoms with Gasteiger partial charge in [0.25, 0.3) is 5.91 Å². The van der Waals surface area contributed by atoms with Crippen LogP contribution in [-0.4, -0.2) is 34.9 Å². The highest BCUT2D eigenvalue weighted by Gasteiger charge is 2.37. The molecule has 2 heterocycles. The summed E-state index contributed by atoms with van der Waals surface area (Å²) in [5.41, 5.74) is -2.49. The summed E-state index contributed by atoms with van der Waals surface area (Å²) in [7, 11) is 0. The molecular weight excluding hydrogens is 584 g/mol. The number of hydrogen-bond donors (Lipinski definition) is 3. The molecule has 2 amide bonds. The van der Waals surface area contributed by atoms with Crippen LogP contribution in [0.2, 0.25) is 5.02 Å². The Balaban J connectivity index is 1.51. The molecule has 2 aromatic heterocycles. The predicted octanol–water partition coefficient (Wildman–Crippen LogP) is 6.09. The highest BCUT2D eigenvalue weighted by molar-refractivity contribution is 6.31. The van der Waals surface area contributed by atoms with Gasteiger partial charge in [0.1, 0.15) is 11.4 Å². The fourth-order valence-electron chi connectivity index (χ4n) is 4.39. The maximum absolute atomic E-state index is 14.1. The molecule has 0 aliphatic heterocycles. The van der Waals surface area contributed by atoms with Crippen molar-refractivity contribution in [3.05, 3.63) is 75.0 Å². The molecule has 3 aromatic rings. The summed E-state index contributed by atoms with van der Waals surface area (Å²) in [6, 6.07) is 6.20. The van der Waals surface area contributed by atoms with Crippen LogP contribution < -0.4 is 25.7 Å². The van der Waals surface area contributed by atoms with Gasteiger partial charge in [0.05, 0.1) is 11.6 Å². The number of nitrogens with zero attached hydrogens (tertiary/aromatic N) is 1. The minimum atomic E-state index is -4.99. The Labute approximate surface area is 242 Å². The first-order valence-electron chi connectivity index (χ1n) is 13.2. The molecule has 0 atom stereocenters. The van der Waals surface area contributed by atoms with Crippen molar-refractivity contribution in [3.8, 4) is 17.4 Å². The number of alkyl halides is 3. The van der Waals surface area contributed by atoms with Gasteiger partial charge in [-0.25, -0.2) is 9.37 Å². The molecule has 4 rings (SSSR count).